The minimum atomic E-state index is -0.328. The molecule has 7 heteroatoms. The van der Waals surface area contributed by atoms with Gasteiger partial charge in [-0.3, -0.25) is 9.69 Å². The standard InChI is InChI=1S/C26H33ClN2O4/c1-2-3-4-5-18-32-26(31)22-8-12-24(13-9-22)33-20-25(30)29-16-14-28(15-17-29)19-21-6-10-23(27)11-7-21/h6-13H,2-5,14-20H2,1H3. The number of nitrogens with zero attached hydrogens (tertiary/aromatic N) is 2. The Kier molecular flexibility index (Phi) is 10.0. The number of benzene rings is 2. The number of unbranched alkanes of at least 4 members (excludes halogenated alkanes) is 3. The number of amides is 1. The fourth-order valence-corrected chi connectivity index (χ4v) is 3.83. The van der Waals surface area contributed by atoms with Crippen molar-refractivity contribution in [3.05, 3.63) is 64.7 Å². The third-order valence-corrected chi connectivity index (χ3v) is 5.98. The molecule has 0 spiro atoms. The second kappa shape index (κ2) is 13.2. The first-order valence-electron chi connectivity index (χ1n) is 11.7. The van der Waals surface area contributed by atoms with E-state index in [4.69, 9.17) is 21.1 Å². The van der Waals surface area contributed by atoms with Crippen molar-refractivity contribution in [3.8, 4) is 5.75 Å². The van der Waals surface area contributed by atoms with Crippen molar-refractivity contribution in [3.63, 3.8) is 0 Å². The van der Waals surface area contributed by atoms with Crippen molar-refractivity contribution in [2.45, 2.75) is 39.2 Å². The lowest BCUT2D eigenvalue weighted by atomic mass is 10.2. The Morgan fingerprint density at radius 1 is 0.909 bits per heavy atom. The predicted octanol–water partition coefficient (Wildman–Crippen LogP) is 4.80. The quantitative estimate of drug-likeness (QED) is 0.347. The Morgan fingerprint density at radius 3 is 2.27 bits per heavy atom. The second-order valence-electron chi connectivity index (χ2n) is 8.29. The minimum absolute atomic E-state index is 0.0155. The summed E-state index contributed by atoms with van der Waals surface area (Å²) in [6.07, 6.45) is 4.26. The van der Waals surface area contributed by atoms with Crippen LogP contribution in [-0.2, 0) is 16.1 Å². The van der Waals surface area contributed by atoms with E-state index >= 15 is 0 Å². The first-order chi connectivity index (χ1) is 16.0. The van der Waals surface area contributed by atoms with Crippen LogP contribution < -0.4 is 4.74 Å². The van der Waals surface area contributed by atoms with Gasteiger partial charge in [0.25, 0.3) is 5.91 Å². The molecular weight excluding hydrogens is 440 g/mol. The maximum Gasteiger partial charge on any atom is 0.338 e. The summed E-state index contributed by atoms with van der Waals surface area (Å²) in [5.41, 5.74) is 1.70. The summed E-state index contributed by atoms with van der Waals surface area (Å²) in [4.78, 5) is 28.8. The molecule has 2 aromatic carbocycles. The highest BCUT2D eigenvalue weighted by Crippen LogP contribution is 2.15. The molecule has 0 radical (unpaired) electrons. The summed E-state index contributed by atoms with van der Waals surface area (Å²) in [6, 6.07) is 14.6. The van der Waals surface area contributed by atoms with Crippen molar-refractivity contribution in [2.75, 3.05) is 39.4 Å². The molecule has 0 saturated carbocycles. The lowest BCUT2D eigenvalue weighted by Gasteiger charge is -2.34. The summed E-state index contributed by atoms with van der Waals surface area (Å²) in [5, 5.41) is 0.738. The highest BCUT2D eigenvalue weighted by molar-refractivity contribution is 6.30. The average molecular weight is 473 g/mol. The fraction of sp³-hybridized carbons (Fsp3) is 0.462. The Morgan fingerprint density at radius 2 is 1.61 bits per heavy atom. The molecule has 1 saturated heterocycles. The largest absolute Gasteiger partial charge is 0.484 e. The molecule has 0 aliphatic carbocycles. The van der Waals surface area contributed by atoms with Gasteiger partial charge in [-0.1, -0.05) is 49.9 Å². The van der Waals surface area contributed by atoms with Crippen molar-refractivity contribution in [1.82, 2.24) is 9.80 Å². The highest BCUT2D eigenvalue weighted by Gasteiger charge is 2.21. The van der Waals surface area contributed by atoms with Crippen molar-refractivity contribution in [2.24, 2.45) is 0 Å². The van der Waals surface area contributed by atoms with Crippen LogP contribution >= 0.6 is 11.6 Å². The van der Waals surface area contributed by atoms with Crippen LogP contribution in [-0.4, -0.2) is 61.1 Å². The van der Waals surface area contributed by atoms with Gasteiger partial charge < -0.3 is 14.4 Å². The predicted molar refractivity (Wildman–Crippen MR) is 130 cm³/mol. The van der Waals surface area contributed by atoms with Gasteiger partial charge in [-0.05, 0) is 48.4 Å². The molecule has 6 nitrogen and oxygen atoms in total. The minimum Gasteiger partial charge on any atom is -0.484 e. The number of hydrogen-bond acceptors (Lipinski definition) is 5. The van der Waals surface area contributed by atoms with Crippen LogP contribution in [0.15, 0.2) is 48.5 Å². The molecule has 1 fully saturated rings. The maximum atomic E-state index is 12.5. The van der Waals surface area contributed by atoms with Gasteiger partial charge in [0.1, 0.15) is 5.75 Å². The molecule has 1 amide bonds. The number of halogens is 1. The second-order valence-corrected chi connectivity index (χ2v) is 8.73. The van der Waals surface area contributed by atoms with Crippen LogP contribution in [0.3, 0.4) is 0 Å². The molecule has 1 aliphatic heterocycles. The van der Waals surface area contributed by atoms with E-state index < -0.39 is 0 Å². The molecule has 0 bridgehead atoms. The molecule has 33 heavy (non-hydrogen) atoms. The zero-order chi connectivity index (χ0) is 23.5. The maximum absolute atomic E-state index is 12.5. The third-order valence-electron chi connectivity index (χ3n) is 5.73. The Labute approximate surface area is 201 Å². The molecule has 0 aromatic heterocycles. The molecule has 0 unspecified atom stereocenters. The van der Waals surface area contributed by atoms with Crippen molar-refractivity contribution >= 4 is 23.5 Å². The van der Waals surface area contributed by atoms with Gasteiger partial charge in [-0.2, -0.15) is 0 Å². The molecule has 1 aliphatic rings. The van der Waals surface area contributed by atoms with Crippen LogP contribution in [0, 0.1) is 0 Å². The van der Waals surface area contributed by atoms with Gasteiger partial charge in [-0.15, -0.1) is 0 Å². The summed E-state index contributed by atoms with van der Waals surface area (Å²) in [5.74, 6) is 0.200. The Hall–Kier alpha value is -2.57. The van der Waals surface area contributed by atoms with Gasteiger partial charge in [0.15, 0.2) is 6.61 Å². The zero-order valence-electron chi connectivity index (χ0n) is 19.3. The lowest BCUT2D eigenvalue weighted by Crippen LogP contribution is -2.49. The lowest BCUT2D eigenvalue weighted by molar-refractivity contribution is -0.135. The van der Waals surface area contributed by atoms with Gasteiger partial charge in [0.05, 0.1) is 12.2 Å². The average Bonchev–Trinajstić information content (AvgIpc) is 2.84. The summed E-state index contributed by atoms with van der Waals surface area (Å²) >= 11 is 5.95. The van der Waals surface area contributed by atoms with Crippen molar-refractivity contribution in [1.29, 1.82) is 0 Å². The van der Waals surface area contributed by atoms with Gasteiger partial charge >= 0.3 is 5.97 Å². The van der Waals surface area contributed by atoms with E-state index in [-0.39, 0.29) is 18.5 Å². The molecule has 178 valence electrons. The molecule has 1 heterocycles. The Bertz CT molecular complexity index is 878. The van der Waals surface area contributed by atoms with Crippen molar-refractivity contribution < 1.29 is 19.1 Å². The Balaban J connectivity index is 1.35. The van der Waals surface area contributed by atoms with E-state index in [2.05, 4.69) is 11.8 Å². The smallest absolute Gasteiger partial charge is 0.338 e. The number of piperazine rings is 1. The number of carbonyl (C=O) groups excluding carboxylic acids is 2. The first-order valence-corrected chi connectivity index (χ1v) is 12.1. The van der Waals surface area contributed by atoms with Gasteiger partial charge in [-0.25, -0.2) is 4.79 Å². The molecule has 0 atom stereocenters. The normalized spacial score (nSPS) is 14.2. The molecule has 3 rings (SSSR count). The summed E-state index contributed by atoms with van der Waals surface area (Å²) in [6.45, 7) is 6.43. The van der Waals surface area contributed by atoms with E-state index in [0.29, 0.717) is 31.0 Å². The SMILES string of the molecule is CCCCCCOC(=O)c1ccc(OCC(=O)N2CCN(Cc3ccc(Cl)cc3)CC2)cc1. The van der Waals surface area contributed by atoms with E-state index in [9.17, 15) is 9.59 Å². The topological polar surface area (TPSA) is 59.1 Å². The monoisotopic (exact) mass is 472 g/mol. The third kappa shape index (κ3) is 8.37. The van der Waals surface area contributed by atoms with Crippen LogP contribution in [0.4, 0.5) is 0 Å². The molecule has 0 N–H and O–H groups in total. The number of carbonyl (C=O) groups is 2. The van der Waals surface area contributed by atoms with Crippen LogP contribution in [0.5, 0.6) is 5.75 Å². The number of ether oxygens (including phenoxy) is 2. The van der Waals surface area contributed by atoms with Crippen LogP contribution in [0.1, 0.15) is 48.5 Å². The van der Waals surface area contributed by atoms with Gasteiger partial charge in [0.2, 0.25) is 0 Å². The van der Waals surface area contributed by atoms with E-state index in [1.54, 1.807) is 24.3 Å². The van der Waals surface area contributed by atoms with Crippen LogP contribution in [0.25, 0.3) is 0 Å². The number of rotatable bonds is 11. The summed E-state index contributed by atoms with van der Waals surface area (Å²) in [7, 11) is 0. The van der Waals surface area contributed by atoms with E-state index in [1.165, 1.54) is 5.56 Å². The first kappa shape index (κ1) is 25.1. The summed E-state index contributed by atoms with van der Waals surface area (Å²) < 4.78 is 10.9. The molecular formula is C26H33ClN2O4. The number of esters is 1. The fourth-order valence-electron chi connectivity index (χ4n) is 3.70. The zero-order valence-corrected chi connectivity index (χ0v) is 20.1. The number of hydrogen-bond donors (Lipinski definition) is 0. The van der Waals surface area contributed by atoms with Crippen LogP contribution in [0.2, 0.25) is 5.02 Å². The van der Waals surface area contributed by atoms with E-state index in [0.717, 1.165) is 50.3 Å². The highest BCUT2D eigenvalue weighted by atomic mass is 35.5. The molecule has 2 aromatic rings. The van der Waals surface area contributed by atoms with Gasteiger partial charge in [0, 0.05) is 37.7 Å². The van der Waals surface area contributed by atoms with E-state index in [1.807, 2.05) is 29.2 Å².